The van der Waals surface area contributed by atoms with Gasteiger partial charge in [-0.15, -0.1) is 0 Å². The molecule has 1 saturated heterocycles. The van der Waals surface area contributed by atoms with E-state index in [1.165, 1.54) is 18.4 Å². The Morgan fingerprint density at radius 2 is 1.65 bits per heavy atom. The third kappa shape index (κ3) is 4.77. The highest BCUT2D eigenvalue weighted by Gasteiger charge is 2.23. The van der Waals surface area contributed by atoms with E-state index in [9.17, 15) is 5.11 Å². The van der Waals surface area contributed by atoms with Gasteiger partial charge < -0.3 is 20.5 Å². The molecule has 0 radical (unpaired) electrons. The summed E-state index contributed by atoms with van der Waals surface area (Å²) in [6.45, 7) is 2.09. The first-order valence-electron chi connectivity index (χ1n) is 9.71. The van der Waals surface area contributed by atoms with Gasteiger partial charge in [0.15, 0.2) is 0 Å². The van der Waals surface area contributed by atoms with Crippen molar-refractivity contribution < 1.29 is 9.84 Å². The van der Waals surface area contributed by atoms with Crippen LogP contribution in [0.4, 0.5) is 11.4 Å². The molecule has 1 saturated carbocycles. The van der Waals surface area contributed by atoms with Gasteiger partial charge in [0, 0.05) is 17.4 Å². The van der Waals surface area contributed by atoms with Crippen molar-refractivity contribution in [1.29, 1.82) is 0 Å². The number of anilines is 2. The predicted molar refractivity (Wildman–Crippen MR) is 105 cm³/mol. The van der Waals surface area contributed by atoms with E-state index >= 15 is 0 Å². The fraction of sp³-hybridized carbons (Fsp3) is 0.455. The van der Waals surface area contributed by atoms with Crippen molar-refractivity contribution in [2.45, 2.75) is 31.7 Å². The van der Waals surface area contributed by atoms with E-state index in [1.807, 2.05) is 12.1 Å². The van der Waals surface area contributed by atoms with Gasteiger partial charge in [-0.05, 0) is 86.0 Å². The molecule has 4 heteroatoms. The van der Waals surface area contributed by atoms with E-state index in [-0.39, 0.29) is 12.6 Å². The van der Waals surface area contributed by atoms with Crippen LogP contribution in [0.5, 0.6) is 5.75 Å². The number of benzene rings is 2. The maximum atomic E-state index is 9.22. The summed E-state index contributed by atoms with van der Waals surface area (Å²) in [5.74, 6) is 2.35. The zero-order valence-corrected chi connectivity index (χ0v) is 15.2. The summed E-state index contributed by atoms with van der Waals surface area (Å²) in [6.07, 6.45) is 4.76. The monoisotopic (exact) mass is 352 g/mol. The standard InChI is InChI=1S/C22H28N2O2/c25-14-21-12-18(13-23-21)11-16-3-5-19(6-4-16)24-20-7-9-22(10-8-20)26-15-17-1-2-17/h3-10,17-18,21,23-25H,1-2,11-15H2/t18?,21-/m0/s1. The average molecular weight is 352 g/mol. The summed E-state index contributed by atoms with van der Waals surface area (Å²) in [4.78, 5) is 0. The van der Waals surface area contributed by atoms with Gasteiger partial charge in [-0.25, -0.2) is 0 Å². The quantitative estimate of drug-likeness (QED) is 0.678. The van der Waals surface area contributed by atoms with Crippen molar-refractivity contribution in [2.24, 2.45) is 11.8 Å². The molecule has 26 heavy (non-hydrogen) atoms. The first-order chi connectivity index (χ1) is 12.8. The Balaban J connectivity index is 1.28. The second-order valence-corrected chi connectivity index (χ2v) is 7.69. The highest BCUT2D eigenvalue weighted by molar-refractivity contribution is 5.60. The number of hydrogen-bond acceptors (Lipinski definition) is 4. The average Bonchev–Trinajstić information content (AvgIpc) is 3.40. The van der Waals surface area contributed by atoms with E-state index in [0.717, 1.165) is 49.0 Å². The predicted octanol–water partition coefficient (Wildman–Crippen LogP) is 3.73. The Labute approximate surface area is 155 Å². The third-order valence-corrected chi connectivity index (χ3v) is 5.34. The summed E-state index contributed by atoms with van der Waals surface area (Å²) >= 11 is 0. The second kappa shape index (κ2) is 8.11. The van der Waals surface area contributed by atoms with Crippen molar-refractivity contribution in [1.82, 2.24) is 5.32 Å². The molecule has 4 nitrogen and oxygen atoms in total. The van der Waals surface area contributed by atoms with Gasteiger partial charge in [-0.3, -0.25) is 0 Å². The molecule has 3 N–H and O–H groups in total. The number of aliphatic hydroxyl groups excluding tert-OH is 1. The molecular weight excluding hydrogens is 324 g/mol. The lowest BCUT2D eigenvalue weighted by molar-refractivity contribution is 0.253. The Morgan fingerprint density at radius 1 is 0.962 bits per heavy atom. The van der Waals surface area contributed by atoms with Crippen LogP contribution in [0.25, 0.3) is 0 Å². The molecule has 4 rings (SSSR count). The van der Waals surface area contributed by atoms with Gasteiger partial charge in [0.1, 0.15) is 5.75 Å². The zero-order chi connectivity index (χ0) is 17.8. The van der Waals surface area contributed by atoms with Crippen LogP contribution in [-0.4, -0.2) is 30.9 Å². The fourth-order valence-electron chi connectivity index (χ4n) is 3.55. The SMILES string of the molecule is OC[C@@H]1CC(Cc2ccc(Nc3ccc(OCC4CC4)cc3)cc2)CN1. The highest BCUT2D eigenvalue weighted by atomic mass is 16.5. The van der Waals surface area contributed by atoms with Crippen molar-refractivity contribution in [3.8, 4) is 5.75 Å². The maximum Gasteiger partial charge on any atom is 0.119 e. The van der Waals surface area contributed by atoms with E-state index in [4.69, 9.17) is 4.74 Å². The lowest BCUT2D eigenvalue weighted by Crippen LogP contribution is -2.24. The van der Waals surface area contributed by atoms with E-state index in [0.29, 0.717) is 5.92 Å². The van der Waals surface area contributed by atoms with Gasteiger partial charge >= 0.3 is 0 Å². The summed E-state index contributed by atoms with van der Waals surface area (Å²) < 4.78 is 5.78. The molecule has 0 aromatic heterocycles. The van der Waals surface area contributed by atoms with Crippen LogP contribution in [-0.2, 0) is 6.42 Å². The largest absolute Gasteiger partial charge is 0.493 e. The number of rotatable bonds is 8. The number of nitrogens with one attached hydrogen (secondary N) is 2. The van der Waals surface area contributed by atoms with Crippen LogP contribution in [0.2, 0.25) is 0 Å². The van der Waals surface area contributed by atoms with Gasteiger partial charge in [-0.1, -0.05) is 12.1 Å². The Hall–Kier alpha value is -2.04. The second-order valence-electron chi connectivity index (χ2n) is 7.69. The van der Waals surface area contributed by atoms with Crippen LogP contribution < -0.4 is 15.4 Å². The summed E-state index contributed by atoms with van der Waals surface area (Å²) in [5, 5.41) is 16.0. The minimum Gasteiger partial charge on any atom is -0.493 e. The number of ether oxygens (including phenoxy) is 1. The van der Waals surface area contributed by atoms with Gasteiger partial charge in [0.25, 0.3) is 0 Å². The van der Waals surface area contributed by atoms with Crippen molar-refractivity contribution in [3.63, 3.8) is 0 Å². The first-order valence-corrected chi connectivity index (χ1v) is 9.71. The minimum atomic E-state index is 0.240. The number of hydrogen-bond donors (Lipinski definition) is 3. The number of aliphatic hydroxyl groups is 1. The van der Waals surface area contributed by atoms with E-state index in [2.05, 4.69) is 47.0 Å². The highest BCUT2D eigenvalue weighted by Crippen LogP contribution is 2.30. The zero-order valence-electron chi connectivity index (χ0n) is 15.2. The van der Waals surface area contributed by atoms with Gasteiger partial charge in [-0.2, -0.15) is 0 Å². The molecule has 0 spiro atoms. The molecule has 0 bridgehead atoms. The topological polar surface area (TPSA) is 53.5 Å². The molecule has 2 aromatic carbocycles. The molecule has 0 amide bonds. The lowest BCUT2D eigenvalue weighted by Gasteiger charge is -2.11. The van der Waals surface area contributed by atoms with Gasteiger partial charge in [0.2, 0.25) is 0 Å². The van der Waals surface area contributed by atoms with E-state index in [1.54, 1.807) is 0 Å². The smallest absolute Gasteiger partial charge is 0.119 e. The third-order valence-electron chi connectivity index (χ3n) is 5.34. The van der Waals surface area contributed by atoms with Gasteiger partial charge in [0.05, 0.1) is 13.2 Å². The van der Waals surface area contributed by atoms with Crippen molar-refractivity contribution >= 4 is 11.4 Å². The summed E-state index contributed by atoms with van der Waals surface area (Å²) in [7, 11) is 0. The van der Waals surface area contributed by atoms with Crippen LogP contribution >= 0.6 is 0 Å². The Kier molecular flexibility index (Phi) is 5.42. The molecule has 2 aromatic rings. The van der Waals surface area contributed by atoms with Crippen LogP contribution in [0.1, 0.15) is 24.8 Å². The van der Waals surface area contributed by atoms with E-state index < -0.39 is 0 Å². The molecular formula is C22H28N2O2. The Bertz CT molecular complexity index is 695. The molecule has 1 heterocycles. The van der Waals surface area contributed by atoms with Crippen molar-refractivity contribution in [2.75, 3.05) is 25.1 Å². The van der Waals surface area contributed by atoms with Crippen LogP contribution in [0.15, 0.2) is 48.5 Å². The molecule has 1 aliphatic carbocycles. The molecule has 2 aliphatic rings. The molecule has 1 unspecified atom stereocenters. The van der Waals surface area contributed by atoms with Crippen LogP contribution in [0.3, 0.4) is 0 Å². The van der Waals surface area contributed by atoms with Crippen molar-refractivity contribution in [3.05, 3.63) is 54.1 Å². The molecule has 138 valence electrons. The molecule has 1 aliphatic heterocycles. The normalized spacial score (nSPS) is 22.3. The minimum absolute atomic E-state index is 0.240. The molecule has 2 atom stereocenters. The Morgan fingerprint density at radius 3 is 2.27 bits per heavy atom. The molecule has 2 fully saturated rings. The first kappa shape index (κ1) is 17.4. The fourth-order valence-corrected chi connectivity index (χ4v) is 3.55. The van der Waals surface area contributed by atoms with Crippen LogP contribution in [0, 0.1) is 11.8 Å². The summed E-state index contributed by atoms with van der Waals surface area (Å²) in [5.41, 5.74) is 3.52. The summed E-state index contributed by atoms with van der Waals surface area (Å²) in [6, 6.07) is 17.1. The maximum absolute atomic E-state index is 9.22. The lowest BCUT2D eigenvalue weighted by atomic mass is 9.97.